The molecule has 1 heterocycles. The summed E-state index contributed by atoms with van der Waals surface area (Å²) in [6.45, 7) is 4.49. The molecule has 10 aromatic rings. The summed E-state index contributed by atoms with van der Waals surface area (Å²) >= 11 is 0. The molecule has 0 unspecified atom stereocenters. The second-order valence-electron chi connectivity index (χ2n) is 16.5. The predicted molar refractivity (Wildman–Crippen MR) is 249 cm³/mol. The number of furan rings is 1. The molecule has 12 rings (SSSR count). The number of hydrogen-bond acceptors (Lipinski definition) is 2. The Kier molecular flexibility index (Phi) is 6.66. The zero-order chi connectivity index (χ0) is 43.5. The fourth-order valence-corrected chi connectivity index (χ4v) is 10.3. The Balaban J connectivity index is 1.12. The van der Waals surface area contributed by atoms with Gasteiger partial charge in [0.05, 0.1) is 10.9 Å². The van der Waals surface area contributed by atoms with Gasteiger partial charge in [0, 0.05) is 33.2 Å². The van der Waals surface area contributed by atoms with Crippen molar-refractivity contribution in [2.24, 2.45) is 0 Å². The van der Waals surface area contributed by atoms with Gasteiger partial charge in [0.2, 0.25) is 0 Å². The summed E-state index contributed by atoms with van der Waals surface area (Å²) in [5, 5.41) is 1.91. The van der Waals surface area contributed by atoms with Gasteiger partial charge in [-0.05, 0) is 121 Å². The normalized spacial score (nSPS) is 15.0. The largest absolute Gasteiger partial charge is 0.456 e. The van der Waals surface area contributed by atoms with Crippen molar-refractivity contribution in [1.29, 1.82) is 0 Å². The first-order valence-corrected chi connectivity index (χ1v) is 20.6. The molecule has 2 nitrogen and oxygen atoms in total. The van der Waals surface area contributed by atoms with E-state index in [2.05, 4.69) is 159 Å². The first kappa shape index (κ1) is 30.6. The molecule has 0 radical (unpaired) electrons. The Bertz CT molecular complexity index is 3470. The molecule has 9 aromatic carbocycles. The van der Waals surface area contributed by atoms with Gasteiger partial charge in [-0.25, -0.2) is 0 Å². The van der Waals surface area contributed by atoms with E-state index in [1.807, 2.05) is 47.4 Å². The smallest absolute Gasteiger partial charge is 0.136 e. The van der Waals surface area contributed by atoms with Gasteiger partial charge < -0.3 is 9.32 Å². The molecule has 2 aliphatic carbocycles. The van der Waals surface area contributed by atoms with Crippen LogP contribution in [0.3, 0.4) is 0 Å². The summed E-state index contributed by atoms with van der Waals surface area (Å²) in [4.78, 5) is 1.95. The van der Waals surface area contributed by atoms with E-state index in [1.54, 1.807) is 0 Å². The highest BCUT2D eigenvalue weighted by Gasteiger charge is 2.46. The van der Waals surface area contributed by atoms with E-state index in [0.717, 1.165) is 66.7 Å². The Labute approximate surface area is 356 Å². The molecule has 60 heavy (non-hydrogen) atoms. The number of anilines is 3. The van der Waals surface area contributed by atoms with Crippen molar-refractivity contribution in [2.45, 2.75) is 24.7 Å². The molecule has 284 valence electrons. The summed E-state index contributed by atoms with van der Waals surface area (Å²) in [5.74, 6) is 0. The van der Waals surface area contributed by atoms with Crippen molar-refractivity contribution >= 4 is 39.0 Å². The van der Waals surface area contributed by atoms with Crippen LogP contribution in [0.1, 0.15) is 52.7 Å². The van der Waals surface area contributed by atoms with Crippen LogP contribution in [0.2, 0.25) is 0 Å². The third-order valence-corrected chi connectivity index (χ3v) is 13.0. The third kappa shape index (κ3) is 4.94. The van der Waals surface area contributed by atoms with Crippen LogP contribution in [0.4, 0.5) is 17.1 Å². The minimum absolute atomic E-state index is 0.123. The zero-order valence-corrected chi connectivity index (χ0v) is 33.3. The van der Waals surface area contributed by atoms with Gasteiger partial charge in [-0.1, -0.05) is 172 Å². The number of rotatable bonds is 6. The van der Waals surface area contributed by atoms with E-state index < -0.39 is 5.41 Å². The van der Waals surface area contributed by atoms with Gasteiger partial charge in [-0.2, -0.15) is 0 Å². The van der Waals surface area contributed by atoms with Crippen LogP contribution in [0.15, 0.2) is 217 Å². The van der Waals surface area contributed by atoms with Crippen molar-refractivity contribution < 1.29 is 9.90 Å². The molecule has 2 heteroatoms. The summed E-state index contributed by atoms with van der Waals surface area (Å²) in [5.41, 5.74) is 14.3. The summed E-state index contributed by atoms with van der Waals surface area (Å²) in [7, 11) is 0. The second kappa shape index (κ2) is 13.0. The van der Waals surface area contributed by atoms with Gasteiger partial charge >= 0.3 is 0 Å². The van der Waals surface area contributed by atoms with Gasteiger partial charge in [0.15, 0.2) is 0 Å². The SMILES string of the molecule is [2H]c1c([2H])c(N(c2ccc3c(c2)C(C)(C)c2ccccc2-3)c2ccc3c(c2)C(c2ccccc2)(c2ccccc2)c2ccccc2-3)c([2H])c([2H])c1-c1ccc2c(c1)oc1ccccc12. The minimum atomic E-state index is -0.689. The molecule has 2 aliphatic rings. The molecule has 1 aromatic heterocycles. The quantitative estimate of drug-likeness (QED) is 0.167. The predicted octanol–water partition coefficient (Wildman–Crippen LogP) is 15.4. The lowest BCUT2D eigenvalue weighted by Gasteiger charge is -2.35. The van der Waals surface area contributed by atoms with Gasteiger partial charge in [-0.3, -0.25) is 0 Å². The van der Waals surface area contributed by atoms with Crippen molar-refractivity contribution in [3.63, 3.8) is 0 Å². The third-order valence-electron chi connectivity index (χ3n) is 13.0. The highest BCUT2D eigenvalue weighted by atomic mass is 16.3. The van der Waals surface area contributed by atoms with Crippen molar-refractivity contribution in [2.75, 3.05) is 4.90 Å². The van der Waals surface area contributed by atoms with Crippen LogP contribution in [0, 0.1) is 0 Å². The maximum Gasteiger partial charge on any atom is 0.136 e. The Morgan fingerprint density at radius 3 is 1.63 bits per heavy atom. The molecule has 0 saturated carbocycles. The number of fused-ring (bicyclic) bond motifs is 9. The fraction of sp³-hybridized carbons (Fsp3) is 0.0690. The molecular weight excluding hydrogens is 727 g/mol. The van der Waals surface area contributed by atoms with Crippen molar-refractivity contribution in [3.8, 4) is 33.4 Å². The van der Waals surface area contributed by atoms with Crippen LogP contribution >= 0.6 is 0 Å². The lowest BCUT2D eigenvalue weighted by molar-refractivity contribution is 0.660. The average molecular weight is 772 g/mol. The van der Waals surface area contributed by atoms with Gasteiger partial charge in [0.25, 0.3) is 0 Å². The molecule has 0 fully saturated rings. The minimum Gasteiger partial charge on any atom is -0.456 e. The Hall–Kier alpha value is -7.42. The molecule has 0 saturated heterocycles. The highest BCUT2D eigenvalue weighted by molar-refractivity contribution is 6.06. The fourth-order valence-electron chi connectivity index (χ4n) is 10.3. The number of hydrogen-bond donors (Lipinski definition) is 0. The summed E-state index contributed by atoms with van der Waals surface area (Å²) in [6.07, 6.45) is 0. The average Bonchev–Trinajstić information content (AvgIpc) is 3.93. The molecule has 0 amide bonds. The lowest BCUT2D eigenvalue weighted by atomic mass is 9.67. The summed E-state index contributed by atoms with van der Waals surface area (Å²) < 4.78 is 45.3. The lowest BCUT2D eigenvalue weighted by Crippen LogP contribution is -2.28. The number of benzene rings is 9. The van der Waals surface area contributed by atoms with Gasteiger partial charge in [-0.15, -0.1) is 0 Å². The van der Waals surface area contributed by atoms with Crippen LogP contribution < -0.4 is 4.90 Å². The second-order valence-corrected chi connectivity index (χ2v) is 16.5. The maximum atomic E-state index is 9.89. The van der Waals surface area contributed by atoms with Crippen LogP contribution in [-0.2, 0) is 10.8 Å². The monoisotopic (exact) mass is 771 g/mol. The van der Waals surface area contributed by atoms with E-state index in [4.69, 9.17) is 4.42 Å². The van der Waals surface area contributed by atoms with Crippen LogP contribution in [0.25, 0.3) is 55.3 Å². The molecule has 0 bridgehead atoms. The Morgan fingerprint density at radius 2 is 0.933 bits per heavy atom. The standard InChI is InChI=1S/C58H41NO/c1-57(2)51-22-12-9-19-45(51)47-33-30-43(36-53(47)57)59(42-28-25-38(26-29-42)39-27-32-50-49-21-11-14-24-55(49)60-56(50)35-39)44-31-34-48-46-20-10-13-23-52(46)58(54(48)37-44,40-15-5-3-6-16-40)41-17-7-4-8-18-41/h3-37H,1-2H3/i25D,26D,28D,29D. The molecule has 0 N–H and O–H groups in total. The van der Waals surface area contributed by atoms with Crippen molar-refractivity contribution in [1.82, 2.24) is 0 Å². The first-order valence-electron chi connectivity index (χ1n) is 22.6. The number of nitrogens with zero attached hydrogens (tertiary/aromatic N) is 1. The van der Waals surface area contributed by atoms with E-state index in [-0.39, 0.29) is 40.8 Å². The molecule has 0 spiro atoms. The topological polar surface area (TPSA) is 16.4 Å². The number of para-hydroxylation sites is 1. The highest BCUT2D eigenvalue weighted by Crippen LogP contribution is 2.58. The molecule has 0 aliphatic heterocycles. The zero-order valence-electron chi connectivity index (χ0n) is 37.3. The van der Waals surface area contributed by atoms with E-state index in [0.29, 0.717) is 11.1 Å². The summed E-state index contributed by atoms with van der Waals surface area (Å²) in [6, 6.07) is 64.3. The van der Waals surface area contributed by atoms with Crippen LogP contribution in [-0.4, -0.2) is 0 Å². The van der Waals surface area contributed by atoms with Crippen LogP contribution in [0.5, 0.6) is 0 Å². The van der Waals surface area contributed by atoms with Gasteiger partial charge in [0.1, 0.15) is 11.2 Å². The van der Waals surface area contributed by atoms with Crippen molar-refractivity contribution in [3.05, 3.63) is 246 Å². The van der Waals surface area contributed by atoms with E-state index in [1.165, 1.54) is 16.7 Å². The van der Waals surface area contributed by atoms with E-state index >= 15 is 0 Å². The first-order chi connectivity index (χ1) is 31.2. The molecule has 0 atom stereocenters. The maximum absolute atomic E-state index is 9.89. The molecular formula is C58H41NO. The Morgan fingerprint density at radius 1 is 0.400 bits per heavy atom. The van der Waals surface area contributed by atoms with E-state index in [9.17, 15) is 5.48 Å².